The number of halogens is 2. The molecule has 1 aliphatic heterocycles. The molecule has 0 radical (unpaired) electrons. The number of terminal acetylenes is 1. The van der Waals surface area contributed by atoms with Gasteiger partial charge in [-0.2, -0.15) is 4.99 Å². The summed E-state index contributed by atoms with van der Waals surface area (Å²) < 4.78 is 13.8. The van der Waals surface area contributed by atoms with Crippen molar-refractivity contribution < 1.29 is 14.3 Å². The molecule has 27 heavy (non-hydrogen) atoms. The molecule has 1 amide bonds. The fourth-order valence-electron chi connectivity index (χ4n) is 2.73. The van der Waals surface area contributed by atoms with Crippen LogP contribution in [0.4, 0.5) is 0 Å². The van der Waals surface area contributed by atoms with Crippen molar-refractivity contribution in [3.05, 3.63) is 51.2 Å². The molecule has 0 saturated heterocycles. The molecule has 3 aromatic rings. The summed E-state index contributed by atoms with van der Waals surface area (Å²) in [5.41, 5.74) is 0.657. The predicted octanol–water partition coefficient (Wildman–Crippen LogP) is 3.91. The lowest BCUT2D eigenvalue weighted by atomic mass is 10.2. The number of ether oxygens (including phenoxy) is 2. The van der Waals surface area contributed by atoms with Gasteiger partial charge in [0, 0.05) is 0 Å². The highest BCUT2D eigenvalue weighted by Gasteiger charge is 2.27. The Balaban J connectivity index is 1.75. The summed E-state index contributed by atoms with van der Waals surface area (Å²) in [6.07, 6.45) is 4.65. The van der Waals surface area contributed by atoms with E-state index in [1.54, 1.807) is 22.8 Å². The molecule has 1 aliphatic rings. The van der Waals surface area contributed by atoms with Gasteiger partial charge in [-0.25, -0.2) is 0 Å². The fraction of sp³-hybridized carbons (Fsp3) is 0.158. The average molecular weight is 419 g/mol. The van der Waals surface area contributed by atoms with E-state index >= 15 is 0 Å². The molecule has 1 unspecified atom stereocenters. The van der Waals surface area contributed by atoms with Crippen LogP contribution in [-0.4, -0.2) is 23.2 Å². The van der Waals surface area contributed by atoms with Crippen LogP contribution in [-0.2, 0) is 11.3 Å². The van der Waals surface area contributed by atoms with Gasteiger partial charge in [-0.15, -0.1) is 6.42 Å². The lowest BCUT2D eigenvalue weighted by molar-refractivity contribution is -0.127. The quantitative estimate of drug-likeness (QED) is 0.592. The van der Waals surface area contributed by atoms with Crippen LogP contribution in [0.3, 0.4) is 0 Å². The van der Waals surface area contributed by atoms with E-state index in [0.717, 1.165) is 4.70 Å². The number of rotatable bonds is 2. The molecule has 5 nitrogen and oxygen atoms in total. The van der Waals surface area contributed by atoms with Crippen LogP contribution in [0.1, 0.15) is 0 Å². The summed E-state index contributed by atoms with van der Waals surface area (Å²) in [6.45, 7) is 0.295. The molecule has 8 heteroatoms. The number of thiazole rings is 1. The number of fused-ring (bicyclic) bond motifs is 2. The fourth-order valence-corrected chi connectivity index (χ4v) is 4.25. The number of hydrogen-bond acceptors (Lipinski definition) is 4. The van der Waals surface area contributed by atoms with Gasteiger partial charge in [0.05, 0.1) is 26.8 Å². The monoisotopic (exact) mass is 418 g/mol. The maximum Gasteiger partial charge on any atom is 0.292 e. The zero-order valence-electron chi connectivity index (χ0n) is 13.8. The molecule has 1 aromatic heterocycles. The standard InChI is InChI=1S/C19H12Cl2N2O3S/c1-2-9-23-17-15(8-7-11(20)16(17)21)27-19(23)22-18(24)14-10-25-12-5-3-4-6-13(12)26-14/h1,3-8,14H,9-10H2. The van der Waals surface area contributed by atoms with Gasteiger partial charge in [0.25, 0.3) is 5.91 Å². The minimum atomic E-state index is -0.830. The summed E-state index contributed by atoms with van der Waals surface area (Å²) in [7, 11) is 0. The number of amides is 1. The Kier molecular flexibility index (Phi) is 4.83. The van der Waals surface area contributed by atoms with E-state index < -0.39 is 12.0 Å². The number of para-hydroxylation sites is 2. The second-order valence-corrected chi connectivity index (χ2v) is 7.49. The van der Waals surface area contributed by atoms with E-state index in [4.69, 9.17) is 39.1 Å². The number of benzene rings is 2. The smallest absolute Gasteiger partial charge is 0.292 e. The Bertz CT molecular complexity index is 1160. The maximum absolute atomic E-state index is 12.7. The van der Waals surface area contributed by atoms with Crippen LogP contribution in [0.5, 0.6) is 11.5 Å². The van der Waals surface area contributed by atoms with Crippen LogP contribution in [0.2, 0.25) is 10.0 Å². The maximum atomic E-state index is 12.7. The average Bonchev–Trinajstić information content (AvgIpc) is 3.02. The van der Waals surface area contributed by atoms with Gasteiger partial charge >= 0.3 is 0 Å². The van der Waals surface area contributed by atoms with Crippen molar-refractivity contribution in [1.29, 1.82) is 0 Å². The Hall–Kier alpha value is -2.46. The number of hydrogen-bond donors (Lipinski definition) is 0. The molecule has 1 atom stereocenters. The highest BCUT2D eigenvalue weighted by Crippen LogP contribution is 2.33. The molecule has 2 aromatic carbocycles. The van der Waals surface area contributed by atoms with Gasteiger partial charge in [-0.05, 0) is 24.3 Å². The number of nitrogens with zero attached hydrogens (tertiary/aromatic N) is 2. The van der Waals surface area contributed by atoms with Gasteiger partial charge in [0.15, 0.2) is 16.3 Å². The number of carbonyl (C=O) groups excluding carboxylic acids is 1. The first-order chi connectivity index (χ1) is 13.1. The summed E-state index contributed by atoms with van der Waals surface area (Å²) in [6, 6.07) is 10.7. The third kappa shape index (κ3) is 3.30. The third-order valence-corrected chi connectivity index (χ3v) is 5.81. The van der Waals surface area contributed by atoms with Gasteiger partial charge in [0.1, 0.15) is 6.61 Å². The molecule has 136 valence electrons. The first-order valence-corrected chi connectivity index (χ1v) is 9.53. The van der Waals surface area contributed by atoms with Crippen LogP contribution in [0, 0.1) is 12.3 Å². The van der Waals surface area contributed by atoms with Crippen LogP contribution >= 0.6 is 34.5 Å². The Morgan fingerprint density at radius 1 is 1.30 bits per heavy atom. The highest BCUT2D eigenvalue weighted by molar-refractivity contribution is 7.16. The van der Waals surface area contributed by atoms with Crippen LogP contribution < -0.4 is 14.3 Å². The molecule has 0 saturated carbocycles. The Labute approximate surface area is 168 Å². The molecular weight excluding hydrogens is 407 g/mol. The van der Waals surface area contributed by atoms with Crippen molar-refractivity contribution in [2.45, 2.75) is 12.6 Å². The molecule has 0 N–H and O–H groups in total. The van der Waals surface area contributed by atoms with Crippen molar-refractivity contribution in [2.75, 3.05) is 6.61 Å². The number of aromatic nitrogens is 1. The van der Waals surface area contributed by atoms with E-state index in [2.05, 4.69) is 10.9 Å². The van der Waals surface area contributed by atoms with E-state index in [1.807, 2.05) is 18.2 Å². The van der Waals surface area contributed by atoms with Crippen molar-refractivity contribution in [1.82, 2.24) is 4.57 Å². The molecule has 4 rings (SSSR count). The molecule has 0 bridgehead atoms. The number of carbonyl (C=O) groups is 1. The second kappa shape index (κ2) is 7.28. The largest absolute Gasteiger partial charge is 0.485 e. The summed E-state index contributed by atoms with van der Waals surface area (Å²) >= 11 is 13.8. The van der Waals surface area contributed by atoms with E-state index in [-0.39, 0.29) is 13.2 Å². The normalized spacial score (nSPS) is 16.3. The molecule has 0 fully saturated rings. The Morgan fingerprint density at radius 2 is 2.07 bits per heavy atom. The topological polar surface area (TPSA) is 52.8 Å². The van der Waals surface area contributed by atoms with Crippen molar-refractivity contribution in [2.24, 2.45) is 4.99 Å². The first-order valence-electron chi connectivity index (χ1n) is 7.96. The van der Waals surface area contributed by atoms with Crippen LogP contribution in [0.25, 0.3) is 10.2 Å². The molecule has 0 aliphatic carbocycles. The second-order valence-electron chi connectivity index (χ2n) is 5.70. The van der Waals surface area contributed by atoms with Crippen molar-refractivity contribution in [3.63, 3.8) is 0 Å². The Morgan fingerprint density at radius 3 is 2.85 bits per heavy atom. The molecule has 2 heterocycles. The first kappa shape index (κ1) is 17.9. The SMILES string of the molecule is C#CCn1c(=NC(=O)C2COc3ccccc3O2)sc2ccc(Cl)c(Cl)c21. The van der Waals surface area contributed by atoms with Crippen molar-refractivity contribution in [3.8, 4) is 23.8 Å². The van der Waals surface area contributed by atoms with Crippen molar-refractivity contribution >= 4 is 50.7 Å². The highest BCUT2D eigenvalue weighted by atomic mass is 35.5. The molecular formula is C19H12Cl2N2O3S. The minimum Gasteiger partial charge on any atom is -0.485 e. The van der Waals surface area contributed by atoms with E-state index in [0.29, 0.717) is 31.9 Å². The summed E-state index contributed by atoms with van der Waals surface area (Å²) in [4.78, 5) is 17.3. The van der Waals surface area contributed by atoms with Gasteiger partial charge in [-0.3, -0.25) is 4.79 Å². The third-order valence-electron chi connectivity index (χ3n) is 3.97. The van der Waals surface area contributed by atoms with E-state index in [9.17, 15) is 4.79 Å². The van der Waals surface area contributed by atoms with E-state index in [1.165, 1.54) is 11.3 Å². The lowest BCUT2D eigenvalue weighted by Crippen LogP contribution is -2.36. The van der Waals surface area contributed by atoms with Gasteiger partial charge < -0.3 is 14.0 Å². The van der Waals surface area contributed by atoms with Crippen LogP contribution in [0.15, 0.2) is 41.4 Å². The van der Waals surface area contributed by atoms with Gasteiger partial charge in [-0.1, -0.05) is 52.6 Å². The zero-order valence-corrected chi connectivity index (χ0v) is 16.1. The summed E-state index contributed by atoms with van der Waals surface area (Å²) in [5, 5.41) is 0.784. The lowest BCUT2D eigenvalue weighted by Gasteiger charge is -2.23. The van der Waals surface area contributed by atoms with Gasteiger partial charge in [0.2, 0.25) is 6.10 Å². The molecule has 0 spiro atoms. The summed E-state index contributed by atoms with van der Waals surface area (Å²) in [5.74, 6) is 3.22. The zero-order chi connectivity index (χ0) is 19.0. The predicted molar refractivity (Wildman–Crippen MR) is 106 cm³/mol. The minimum absolute atomic E-state index is 0.0893.